The molecule has 0 aromatic rings. The van der Waals surface area contributed by atoms with Crippen molar-refractivity contribution in [2.45, 2.75) is 89.3 Å². The van der Waals surface area contributed by atoms with Crippen molar-refractivity contribution >= 4 is 11.8 Å². The van der Waals surface area contributed by atoms with Gasteiger partial charge >= 0.3 is 0 Å². The van der Waals surface area contributed by atoms with E-state index in [1.165, 1.54) is 76.5 Å². The summed E-state index contributed by atoms with van der Waals surface area (Å²) in [6.45, 7) is 5.94. The Morgan fingerprint density at radius 2 is 1.70 bits per heavy atom. The van der Waals surface area contributed by atoms with Gasteiger partial charge in [0, 0.05) is 17.0 Å². The predicted octanol–water partition coefficient (Wildman–Crippen LogP) is 5.25. The Kier molecular flexibility index (Phi) is 7.80. The molecule has 2 fully saturated rings. The summed E-state index contributed by atoms with van der Waals surface area (Å²) in [7, 11) is 0. The molecular weight excluding hydrogens is 262 g/mol. The summed E-state index contributed by atoms with van der Waals surface area (Å²) in [4.78, 5) is 0. The molecule has 2 rings (SSSR count). The maximum Gasteiger partial charge on any atom is 0.0186 e. The summed E-state index contributed by atoms with van der Waals surface area (Å²) in [6, 6.07) is 0.786. The van der Waals surface area contributed by atoms with Gasteiger partial charge in [0.05, 0.1) is 0 Å². The molecule has 2 aliphatic rings. The topological polar surface area (TPSA) is 12.0 Å². The Labute approximate surface area is 131 Å². The smallest absolute Gasteiger partial charge is 0.0186 e. The normalized spacial score (nSPS) is 30.3. The van der Waals surface area contributed by atoms with Crippen LogP contribution in [0.5, 0.6) is 0 Å². The number of nitrogens with one attached hydrogen (secondary N) is 1. The van der Waals surface area contributed by atoms with Gasteiger partial charge in [-0.1, -0.05) is 46.0 Å². The second-order valence-electron chi connectivity index (χ2n) is 7.17. The van der Waals surface area contributed by atoms with Crippen LogP contribution < -0.4 is 5.32 Å². The Bertz CT molecular complexity index is 242. The van der Waals surface area contributed by atoms with Gasteiger partial charge in [-0.2, -0.15) is 11.8 Å². The third-order valence-electron chi connectivity index (χ3n) is 5.35. The second-order valence-corrected chi connectivity index (χ2v) is 8.51. The first kappa shape index (κ1) is 16.7. The second kappa shape index (κ2) is 9.35. The number of thioether (sulfide) groups is 1. The van der Waals surface area contributed by atoms with Crippen LogP contribution in [0.4, 0.5) is 0 Å². The molecule has 0 aromatic heterocycles. The van der Waals surface area contributed by atoms with E-state index in [9.17, 15) is 0 Å². The van der Waals surface area contributed by atoms with E-state index in [0.717, 1.165) is 23.1 Å². The zero-order chi connectivity index (χ0) is 14.2. The molecule has 0 bridgehead atoms. The molecule has 2 heteroatoms. The molecule has 2 saturated carbocycles. The molecule has 0 aromatic carbocycles. The van der Waals surface area contributed by atoms with Gasteiger partial charge in [-0.15, -0.1) is 0 Å². The molecule has 1 N–H and O–H groups in total. The van der Waals surface area contributed by atoms with Crippen LogP contribution in [0.3, 0.4) is 0 Å². The van der Waals surface area contributed by atoms with Crippen molar-refractivity contribution in [1.29, 1.82) is 0 Å². The quantitative estimate of drug-likeness (QED) is 0.689. The average molecular weight is 298 g/mol. The highest BCUT2D eigenvalue weighted by molar-refractivity contribution is 7.99. The van der Waals surface area contributed by atoms with E-state index in [0.29, 0.717) is 0 Å². The average Bonchev–Trinajstić information content (AvgIpc) is 2.50. The van der Waals surface area contributed by atoms with Gasteiger partial charge in [-0.3, -0.25) is 0 Å². The van der Waals surface area contributed by atoms with Crippen LogP contribution >= 0.6 is 11.8 Å². The summed E-state index contributed by atoms with van der Waals surface area (Å²) in [6.07, 6.45) is 14.5. The Morgan fingerprint density at radius 3 is 2.35 bits per heavy atom. The monoisotopic (exact) mass is 297 g/mol. The first-order chi connectivity index (χ1) is 9.79. The summed E-state index contributed by atoms with van der Waals surface area (Å²) in [5, 5.41) is 4.84. The molecule has 118 valence electrons. The van der Waals surface area contributed by atoms with Crippen molar-refractivity contribution in [1.82, 2.24) is 5.32 Å². The van der Waals surface area contributed by atoms with Gasteiger partial charge in [0.2, 0.25) is 0 Å². The van der Waals surface area contributed by atoms with Crippen molar-refractivity contribution < 1.29 is 0 Å². The molecule has 0 amide bonds. The molecule has 1 atom stereocenters. The zero-order valence-corrected chi connectivity index (χ0v) is 14.5. The van der Waals surface area contributed by atoms with Crippen LogP contribution in [0.25, 0.3) is 0 Å². The van der Waals surface area contributed by atoms with Crippen LogP contribution in [0.15, 0.2) is 0 Å². The minimum Gasteiger partial charge on any atom is -0.313 e. The lowest BCUT2D eigenvalue weighted by Crippen LogP contribution is -2.40. The molecule has 0 saturated heterocycles. The molecule has 2 aliphatic carbocycles. The summed E-state index contributed by atoms with van der Waals surface area (Å²) in [5.41, 5.74) is 0. The van der Waals surface area contributed by atoms with Gasteiger partial charge in [0.25, 0.3) is 0 Å². The van der Waals surface area contributed by atoms with Crippen LogP contribution in [-0.2, 0) is 0 Å². The Morgan fingerprint density at radius 1 is 1.00 bits per heavy atom. The van der Waals surface area contributed by atoms with Crippen molar-refractivity contribution in [2.75, 3.05) is 12.3 Å². The molecule has 20 heavy (non-hydrogen) atoms. The van der Waals surface area contributed by atoms with Gasteiger partial charge in [-0.25, -0.2) is 0 Å². The van der Waals surface area contributed by atoms with E-state index in [2.05, 4.69) is 30.9 Å². The van der Waals surface area contributed by atoms with Crippen LogP contribution in [0, 0.1) is 11.8 Å². The lowest BCUT2D eigenvalue weighted by Gasteiger charge is -2.34. The van der Waals surface area contributed by atoms with Crippen LogP contribution in [-0.4, -0.2) is 23.6 Å². The third-order valence-corrected chi connectivity index (χ3v) is 6.84. The molecule has 0 aliphatic heterocycles. The van der Waals surface area contributed by atoms with Crippen molar-refractivity contribution in [3.8, 4) is 0 Å². The highest BCUT2D eigenvalue weighted by atomic mass is 32.2. The van der Waals surface area contributed by atoms with E-state index in [4.69, 9.17) is 0 Å². The van der Waals surface area contributed by atoms with Gasteiger partial charge in [0.15, 0.2) is 0 Å². The van der Waals surface area contributed by atoms with E-state index in [-0.39, 0.29) is 0 Å². The van der Waals surface area contributed by atoms with Crippen LogP contribution in [0.1, 0.15) is 78.1 Å². The SMILES string of the molecule is CCCNC(CSC1CCCCC1)C1CCC(C)CC1. The standard InChI is InChI=1S/C18H35NS/c1-3-13-19-18(16-11-9-15(2)10-12-16)14-20-17-7-5-4-6-8-17/h15-19H,3-14H2,1-2H3. The van der Waals surface area contributed by atoms with E-state index in [1.807, 2.05) is 0 Å². The van der Waals surface area contributed by atoms with Crippen molar-refractivity contribution in [3.05, 3.63) is 0 Å². The first-order valence-electron chi connectivity index (χ1n) is 9.14. The van der Waals surface area contributed by atoms with Crippen molar-refractivity contribution in [3.63, 3.8) is 0 Å². The number of hydrogen-bond donors (Lipinski definition) is 1. The predicted molar refractivity (Wildman–Crippen MR) is 92.5 cm³/mol. The Hall–Kier alpha value is 0.310. The lowest BCUT2D eigenvalue weighted by atomic mass is 9.79. The molecule has 0 heterocycles. The molecule has 0 spiro atoms. The number of rotatable bonds is 7. The fourth-order valence-electron chi connectivity index (χ4n) is 3.85. The minimum atomic E-state index is 0.786. The maximum atomic E-state index is 3.87. The van der Waals surface area contributed by atoms with Gasteiger partial charge in [0.1, 0.15) is 0 Å². The molecule has 1 nitrogen and oxygen atoms in total. The van der Waals surface area contributed by atoms with E-state index < -0.39 is 0 Å². The molecular formula is C18H35NS. The fraction of sp³-hybridized carbons (Fsp3) is 1.00. The fourth-order valence-corrected chi connectivity index (χ4v) is 5.39. The zero-order valence-electron chi connectivity index (χ0n) is 13.7. The van der Waals surface area contributed by atoms with E-state index in [1.54, 1.807) is 0 Å². The van der Waals surface area contributed by atoms with Crippen molar-refractivity contribution in [2.24, 2.45) is 11.8 Å². The summed E-state index contributed by atoms with van der Waals surface area (Å²) < 4.78 is 0. The first-order valence-corrected chi connectivity index (χ1v) is 10.2. The largest absolute Gasteiger partial charge is 0.313 e. The molecule has 0 radical (unpaired) electrons. The number of hydrogen-bond acceptors (Lipinski definition) is 2. The maximum absolute atomic E-state index is 3.87. The van der Waals surface area contributed by atoms with Crippen LogP contribution in [0.2, 0.25) is 0 Å². The summed E-state index contributed by atoms with van der Waals surface area (Å²) in [5.74, 6) is 3.29. The highest BCUT2D eigenvalue weighted by Crippen LogP contribution is 2.34. The molecule has 1 unspecified atom stereocenters. The minimum absolute atomic E-state index is 0.786. The lowest BCUT2D eigenvalue weighted by molar-refractivity contribution is 0.242. The Balaban J connectivity index is 1.76. The van der Waals surface area contributed by atoms with Gasteiger partial charge < -0.3 is 5.32 Å². The highest BCUT2D eigenvalue weighted by Gasteiger charge is 2.26. The summed E-state index contributed by atoms with van der Waals surface area (Å²) >= 11 is 2.29. The third kappa shape index (κ3) is 5.60. The van der Waals surface area contributed by atoms with E-state index >= 15 is 0 Å². The van der Waals surface area contributed by atoms with Gasteiger partial charge in [-0.05, 0) is 50.5 Å².